The van der Waals surface area contributed by atoms with Crippen LogP contribution < -0.4 is 0 Å². The van der Waals surface area contributed by atoms with Gasteiger partial charge in [-0.1, -0.05) is 51.7 Å². The van der Waals surface area contributed by atoms with Crippen LogP contribution in [0.4, 0.5) is 0 Å². The molecule has 1 rings (SSSR count). The first-order valence-electron chi connectivity index (χ1n) is 7.29. The number of unbranched alkanes of at least 4 members (excludes halogenated alkanes) is 2. The van der Waals surface area contributed by atoms with Gasteiger partial charge in [0.05, 0.1) is 4.90 Å². The maximum atomic E-state index is 11.6. The molecule has 0 aliphatic heterocycles. The lowest BCUT2D eigenvalue weighted by molar-refractivity contribution is 0.524. The predicted molar refractivity (Wildman–Crippen MR) is 81.3 cm³/mol. The average Bonchev–Trinajstić information content (AvgIpc) is 2.38. The molecular weight excluding hydrogens is 256 g/mol. The molecule has 0 heterocycles. The predicted octanol–water partition coefficient (Wildman–Crippen LogP) is 4.55. The molecule has 1 aromatic carbocycles. The molecule has 0 N–H and O–H groups in total. The van der Waals surface area contributed by atoms with Crippen LogP contribution in [0.15, 0.2) is 29.2 Å². The lowest BCUT2D eigenvalue weighted by Crippen LogP contribution is -2.03. The van der Waals surface area contributed by atoms with E-state index in [2.05, 4.69) is 19.9 Å². The molecule has 3 heteroatoms. The van der Waals surface area contributed by atoms with E-state index in [9.17, 15) is 8.42 Å². The first kappa shape index (κ1) is 16.2. The summed E-state index contributed by atoms with van der Waals surface area (Å²) in [6, 6.07) is 7.50. The monoisotopic (exact) mass is 282 g/mol. The Morgan fingerprint density at radius 1 is 1.05 bits per heavy atom. The zero-order chi connectivity index (χ0) is 14.3. The molecule has 2 nitrogen and oxygen atoms in total. The van der Waals surface area contributed by atoms with Gasteiger partial charge in [0.2, 0.25) is 0 Å². The highest BCUT2D eigenvalue weighted by molar-refractivity contribution is 7.90. The van der Waals surface area contributed by atoms with Crippen molar-refractivity contribution in [2.75, 3.05) is 6.26 Å². The highest BCUT2D eigenvalue weighted by atomic mass is 32.2. The Hall–Kier alpha value is -0.830. The molecule has 0 saturated carbocycles. The fraction of sp³-hybridized carbons (Fsp3) is 0.625. The largest absolute Gasteiger partial charge is 0.224 e. The maximum absolute atomic E-state index is 11.6. The Balaban J connectivity index is 2.94. The smallest absolute Gasteiger partial charge is 0.175 e. The summed E-state index contributed by atoms with van der Waals surface area (Å²) in [6.45, 7) is 4.40. The van der Waals surface area contributed by atoms with Gasteiger partial charge >= 0.3 is 0 Å². The van der Waals surface area contributed by atoms with Gasteiger partial charge in [0.15, 0.2) is 9.84 Å². The van der Waals surface area contributed by atoms with Gasteiger partial charge in [-0.3, -0.25) is 0 Å². The minimum Gasteiger partial charge on any atom is -0.224 e. The van der Waals surface area contributed by atoms with Gasteiger partial charge in [-0.25, -0.2) is 8.42 Å². The van der Waals surface area contributed by atoms with Crippen molar-refractivity contribution < 1.29 is 8.42 Å². The van der Waals surface area contributed by atoms with Crippen molar-refractivity contribution in [2.45, 2.75) is 63.2 Å². The van der Waals surface area contributed by atoms with E-state index >= 15 is 0 Å². The summed E-state index contributed by atoms with van der Waals surface area (Å²) >= 11 is 0. The third kappa shape index (κ3) is 5.35. The van der Waals surface area contributed by atoms with Gasteiger partial charge < -0.3 is 0 Å². The molecule has 0 aromatic heterocycles. The van der Waals surface area contributed by atoms with Crippen molar-refractivity contribution in [1.29, 1.82) is 0 Å². The van der Waals surface area contributed by atoms with Crippen LogP contribution in [0.2, 0.25) is 0 Å². The van der Waals surface area contributed by atoms with Crippen molar-refractivity contribution in [3.8, 4) is 0 Å². The van der Waals surface area contributed by atoms with Gasteiger partial charge in [-0.15, -0.1) is 0 Å². The summed E-state index contributed by atoms with van der Waals surface area (Å²) < 4.78 is 23.3. The van der Waals surface area contributed by atoms with Gasteiger partial charge in [0.1, 0.15) is 0 Å². The first-order valence-corrected chi connectivity index (χ1v) is 9.18. The van der Waals surface area contributed by atoms with Crippen LogP contribution >= 0.6 is 0 Å². The zero-order valence-electron chi connectivity index (χ0n) is 12.4. The summed E-state index contributed by atoms with van der Waals surface area (Å²) in [5.74, 6) is 0.501. The first-order chi connectivity index (χ1) is 8.99. The molecule has 0 spiro atoms. The number of rotatable bonds is 8. The van der Waals surface area contributed by atoms with E-state index in [0.29, 0.717) is 10.8 Å². The fourth-order valence-electron chi connectivity index (χ4n) is 2.38. The highest BCUT2D eigenvalue weighted by Crippen LogP contribution is 2.29. The Kier molecular flexibility index (Phi) is 6.56. The highest BCUT2D eigenvalue weighted by Gasteiger charge is 2.14. The molecule has 1 aromatic rings. The van der Waals surface area contributed by atoms with Gasteiger partial charge in [-0.05, 0) is 36.5 Å². The Bertz CT molecular complexity index is 469. The van der Waals surface area contributed by atoms with Crippen LogP contribution in [0.25, 0.3) is 0 Å². The normalized spacial score (nSPS) is 12.0. The summed E-state index contributed by atoms with van der Waals surface area (Å²) in [5.41, 5.74) is 1.19. The van der Waals surface area contributed by atoms with E-state index in [1.807, 2.05) is 12.1 Å². The molecule has 0 aliphatic rings. The Labute approximate surface area is 118 Å². The van der Waals surface area contributed by atoms with Crippen LogP contribution in [0.5, 0.6) is 0 Å². The van der Waals surface area contributed by atoms with Crippen LogP contribution in [0.3, 0.4) is 0 Å². The van der Waals surface area contributed by atoms with Gasteiger partial charge in [0.25, 0.3) is 0 Å². The number of sulfone groups is 1. The SMILES string of the molecule is CCCCC(CCCC)c1cccc(S(C)(=O)=O)c1. The van der Waals surface area contributed by atoms with Gasteiger partial charge in [-0.2, -0.15) is 0 Å². The quantitative estimate of drug-likeness (QED) is 0.700. The van der Waals surface area contributed by atoms with E-state index in [0.717, 1.165) is 12.8 Å². The van der Waals surface area contributed by atoms with Crippen molar-refractivity contribution in [2.24, 2.45) is 0 Å². The van der Waals surface area contributed by atoms with Crippen molar-refractivity contribution >= 4 is 9.84 Å². The molecule has 0 aliphatic carbocycles. The molecule has 0 saturated heterocycles. The lowest BCUT2D eigenvalue weighted by Gasteiger charge is -2.17. The van der Waals surface area contributed by atoms with Crippen LogP contribution in [0.1, 0.15) is 63.9 Å². The zero-order valence-corrected chi connectivity index (χ0v) is 13.2. The van der Waals surface area contributed by atoms with Crippen LogP contribution in [-0.4, -0.2) is 14.7 Å². The second-order valence-electron chi connectivity index (χ2n) is 5.33. The van der Waals surface area contributed by atoms with Crippen molar-refractivity contribution in [3.05, 3.63) is 29.8 Å². The molecule has 108 valence electrons. The average molecular weight is 282 g/mol. The molecule has 0 bridgehead atoms. The molecule has 0 unspecified atom stereocenters. The topological polar surface area (TPSA) is 34.1 Å². The van der Waals surface area contributed by atoms with Gasteiger partial charge in [0, 0.05) is 6.26 Å². The molecular formula is C16H26O2S. The van der Waals surface area contributed by atoms with E-state index in [-0.39, 0.29) is 0 Å². The summed E-state index contributed by atoms with van der Waals surface area (Å²) in [6.07, 6.45) is 8.38. The second-order valence-corrected chi connectivity index (χ2v) is 7.34. The molecule has 0 radical (unpaired) electrons. The third-order valence-corrected chi connectivity index (χ3v) is 4.68. The van der Waals surface area contributed by atoms with Crippen LogP contribution in [0, 0.1) is 0 Å². The molecule has 0 atom stereocenters. The second kappa shape index (κ2) is 7.68. The molecule has 0 fully saturated rings. The van der Waals surface area contributed by atoms with E-state index in [1.54, 1.807) is 6.07 Å². The van der Waals surface area contributed by atoms with Crippen LogP contribution in [-0.2, 0) is 9.84 Å². The minimum absolute atomic E-state index is 0.447. The lowest BCUT2D eigenvalue weighted by atomic mass is 9.89. The number of hydrogen-bond acceptors (Lipinski definition) is 2. The summed E-state index contributed by atoms with van der Waals surface area (Å²) in [4.78, 5) is 0.447. The summed E-state index contributed by atoms with van der Waals surface area (Å²) in [7, 11) is -3.10. The van der Waals surface area contributed by atoms with Crippen molar-refractivity contribution in [3.63, 3.8) is 0 Å². The fourth-order valence-corrected chi connectivity index (χ4v) is 3.05. The minimum atomic E-state index is -3.10. The molecule has 19 heavy (non-hydrogen) atoms. The maximum Gasteiger partial charge on any atom is 0.175 e. The van der Waals surface area contributed by atoms with Crippen molar-refractivity contribution in [1.82, 2.24) is 0 Å². The number of hydrogen-bond donors (Lipinski definition) is 0. The Morgan fingerprint density at radius 3 is 2.11 bits per heavy atom. The Morgan fingerprint density at radius 2 is 1.63 bits per heavy atom. The third-order valence-electron chi connectivity index (χ3n) is 3.57. The van der Waals surface area contributed by atoms with E-state index in [1.165, 1.54) is 37.5 Å². The standard InChI is InChI=1S/C16H26O2S/c1-4-6-9-14(10-7-5-2)15-11-8-12-16(13-15)19(3,17)18/h8,11-14H,4-7,9-10H2,1-3H3. The molecule has 0 amide bonds. The number of benzene rings is 1. The summed E-state index contributed by atoms with van der Waals surface area (Å²) in [5, 5.41) is 0. The van der Waals surface area contributed by atoms with E-state index in [4.69, 9.17) is 0 Å². The van der Waals surface area contributed by atoms with E-state index < -0.39 is 9.84 Å².